The molecule has 2 heteroatoms. The summed E-state index contributed by atoms with van der Waals surface area (Å²) >= 11 is 0. The number of piperidine rings is 1. The Morgan fingerprint density at radius 2 is 1.38 bits per heavy atom. The summed E-state index contributed by atoms with van der Waals surface area (Å²) in [6.45, 7) is 9.08. The number of hydrogen-bond acceptors (Lipinski definition) is 2. The molecular weight excluding hydrogens is 160 g/mol. The van der Waals surface area contributed by atoms with Crippen molar-refractivity contribution in [3.63, 3.8) is 0 Å². The third-order valence-electron chi connectivity index (χ3n) is 3.15. The van der Waals surface area contributed by atoms with Crippen LogP contribution in [0, 0.1) is 11.8 Å². The highest BCUT2D eigenvalue weighted by Crippen LogP contribution is 2.21. The molecule has 2 atom stereocenters. The van der Waals surface area contributed by atoms with Gasteiger partial charge in [0.25, 0.3) is 0 Å². The Kier molecular flexibility index (Phi) is 3.74. The highest BCUT2D eigenvalue weighted by molar-refractivity contribution is 4.89. The maximum atomic E-state index is 6.05. The number of nitrogens with two attached hydrogens (primary N) is 1. The standard InChI is InChI=1S/C11H24N2/c1-7(2)10-5-9(12)6-11(13-10)8(3)4/h7-11,13H,5-6,12H2,1-4H3. The van der Waals surface area contributed by atoms with Crippen LogP contribution in [-0.4, -0.2) is 18.1 Å². The Balaban J connectivity index is 2.52. The summed E-state index contributed by atoms with van der Waals surface area (Å²) in [5.41, 5.74) is 6.05. The maximum absolute atomic E-state index is 6.05. The van der Waals surface area contributed by atoms with Gasteiger partial charge in [-0.1, -0.05) is 27.7 Å². The second kappa shape index (κ2) is 4.43. The van der Waals surface area contributed by atoms with E-state index in [0.29, 0.717) is 30.0 Å². The highest BCUT2D eigenvalue weighted by Gasteiger charge is 2.29. The van der Waals surface area contributed by atoms with Crippen molar-refractivity contribution in [3.8, 4) is 0 Å². The largest absolute Gasteiger partial charge is 0.328 e. The smallest absolute Gasteiger partial charge is 0.0107 e. The van der Waals surface area contributed by atoms with Crippen LogP contribution in [0.2, 0.25) is 0 Å². The van der Waals surface area contributed by atoms with E-state index < -0.39 is 0 Å². The maximum Gasteiger partial charge on any atom is 0.0107 e. The van der Waals surface area contributed by atoms with Crippen LogP contribution in [0.5, 0.6) is 0 Å². The van der Waals surface area contributed by atoms with Gasteiger partial charge in [0.05, 0.1) is 0 Å². The van der Waals surface area contributed by atoms with Crippen molar-refractivity contribution in [1.82, 2.24) is 5.32 Å². The van der Waals surface area contributed by atoms with E-state index in [-0.39, 0.29) is 0 Å². The molecule has 1 aliphatic rings. The second-order valence-corrected chi connectivity index (χ2v) is 5.10. The van der Waals surface area contributed by atoms with E-state index in [9.17, 15) is 0 Å². The Hall–Kier alpha value is -0.0800. The fourth-order valence-electron chi connectivity index (χ4n) is 2.09. The summed E-state index contributed by atoms with van der Waals surface area (Å²) in [7, 11) is 0. The van der Waals surface area contributed by atoms with Gasteiger partial charge in [-0.3, -0.25) is 0 Å². The lowest BCUT2D eigenvalue weighted by atomic mass is 9.84. The van der Waals surface area contributed by atoms with Gasteiger partial charge in [0.2, 0.25) is 0 Å². The van der Waals surface area contributed by atoms with Gasteiger partial charge < -0.3 is 11.1 Å². The molecule has 1 fully saturated rings. The summed E-state index contributed by atoms with van der Waals surface area (Å²) in [5.74, 6) is 1.40. The number of hydrogen-bond donors (Lipinski definition) is 2. The molecule has 0 amide bonds. The zero-order valence-electron chi connectivity index (χ0n) is 9.38. The van der Waals surface area contributed by atoms with E-state index in [4.69, 9.17) is 5.73 Å². The quantitative estimate of drug-likeness (QED) is 0.686. The van der Waals surface area contributed by atoms with Gasteiger partial charge in [-0.25, -0.2) is 0 Å². The summed E-state index contributed by atoms with van der Waals surface area (Å²) in [6.07, 6.45) is 2.28. The summed E-state index contributed by atoms with van der Waals surface area (Å²) in [4.78, 5) is 0. The average Bonchev–Trinajstić information content (AvgIpc) is 2.03. The first kappa shape index (κ1) is 11.0. The van der Waals surface area contributed by atoms with Gasteiger partial charge in [-0.05, 0) is 24.7 Å². The monoisotopic (exact) mass is 184 g/mol. The molecule has 0 spiro atoms. The Morgan fingerprint density at radius 3 is 1.69 bits per heavy atom. The molecule has 1 aliphatic heterocycles. The van der Waals surface area contributed by atoms with Gasteiger partial charge >= 0.3 is 0 Å². The van der Waals surface area contributed by atoms with Crippen molar-refractivity contribution < 1.29 is 0 Å². The molecule has 13 heavy (non-hydrogen) atoms. The summed E-state index contributed by atoms with van der Waals surface area (Å²) < 4.78 is 0. The van der Waals surface area contributed by atoms with Crippen LogP contribution in [0.25, 0.3) is 0 Å². The van der Waals surface area contributed by atoms with E-state index in [0.717, 1.165) is 12.8 Å². The van der Waals surface area contributed by atoms with E-state index in [1.807, 2.05) is 0 Å². The molecule has 0 aromatic carbocycles. The van der Waals surface area contributed by atoms with Gasteiger partial charge in [0, 0.05) is 18.1 Å². The van der Waals surface area contributed by atoms with Crippen molar-refractivity contribution in [2.45, 2.75) is 58.7 Å². The molecule has 0 aromatic heterocycles. The fourth-order valence-corrected chi connectivity index (χ4v) is 2.09. The first-order chi connectivity index (χ1) is 6.00. The minimum absolute atomic E-state index is 0.404. The van der Waals surface area contributed by atoms with Crippen LogP contribution in [0.3, 0.4) is 0 Å². The van der Waals surface area contributed by atoms with Crippen molar-refractivity contribution >= 4 is 0 Å². The molecule has 3 N–H and O–H groups in total. The van der Waals surface area contributed by atoms with Crippen LogP contribution >= 0.6 is 0 Å². The van der Waals surface area contributed by atoms with Crippen LogP contribution in [0.1, 0.15) is 40.5 Å². The number of nitrogens with one attached hydrogen (secondary N) is 1. The lowest BCUT2D eigenvalue weighted by Gasteiger charge is -2.38. The van der Waals surface area contributed by atoms with Gasteiger partial charge in [0.1, 0.15) is 0 Å². The molecule has 1 saturated heterocycles. The van der Waals surface area contributed by atoms with Crippen molar-refractivity contribution in [2.24, 2.45) is 17.6 Å². The van der Waals surface area contributed by atoms with Crippen LogP contribution in [0.4, 0.5) is 0 Å². The van der Waals surface area contributed by atoms with Crippen LogP contribution < -0.4 is 11.1 Å². The summed E-state index contributed by atoms with van der Waals surface area (Å²) in [5, 5.41) is 3.70. The Labute approximate surface area is 82.3 Å². The predicted octanol–water partition coefficient (Wildman–Crippen LogP) is 1.75. The van der Waals surface area contributed by atoms with Crippen molar-refractivity contribution in [3.05, 3.63) is 0 Å². The molecular formula is C11H24N2. The van der Waals surface area contributed by atoms with E-state index in [2.05, 4.69) is 33.0 Å². The molecule has 1 rings (SSSR count). The van der Waals surface area contributed by atoms with E-state index in [1.54, 1.807) is 0 Å². The minimum Gasteiger partial charge on any atom is -0.328 e. The molecule has 0 radical (unpaired) electrons. The zero-order valence-corrected chi connectivity index (χ0v) is 9.38. The molecule has 0 aromatic rings. The molecule has 2 nitrogen and oxygen atoms in total. The van der Waals surface area contributed by atoms with Gasteiger partial charge in [-0.15, -0.1) is 0 Å². The molecule has 0 aliphatic carbocycles. The zero-order chi connectivity index (χ0) is 10.0. The predicted molar refractivity (Wildman–Crippen MR) is 57.6 cm³/mol. The van der Waals surface area contributed by atoms with Crippen LogP contribution in [0.15, 0.2) is 0 Å². The third-order valence-corrected chi connectivity index (χ3v) is 3.15. The highest BCUT2D eigenvalue weighted by atomic mass is 15.0. The SMILES string of the molecule is CC(C)C1CC(N)CC(C(C)C)N1. The molecule has 1 heterocycles. The van der Waals surface area contributed by atoms with E-state index >= 15 is 0 Å². The lowest BCUT2D eigenvalue weighted by Crippen LogP contribution is -2.53. The van der Waals surface area contributed by atoms with Crippen molar-refractivity contribution in [2.75, 3.05) is 0 Å². The topological polar surface area (TPSA) is 38.0 Å². The summed E-state index contributed by atoms with van der Waals surface area (Å²) in [6, 6.07) is 1.65. The third kappa shape index (κ3) is 2.96. The van der Waals surface area contributed by atoms with Gasteiger partial charge in [-0.2, -0.15) is 0 Å². The fraction of sp³-hybridized carbons (Fsp3) is 1.00. The van der Waals surface area contributed by atoms with E-state index in [1.165, 1.54) is 0 Å². The number of rotatable bonds is 2. The normalized spacial score (nSPS) is 35.8. The second-order valence-electron chi connectivity index (χ2n) is 5.10. The van der Waals surface area contributed by atoms with Crippen molar-refractivity contribution in [1.29, 1.82) is 0 Å². The van der Waals surface area contributed by atoms with Crippen LogP contribution in [-0.2, 0) is 0 Å². The Morgan fingerprint density at radius 1 is 1.00 bits per heavy atom. The molecule has 0 saturated carbocycles. The first-order valence-electron chi connectivity index (χ1n) is 5.52. The molecule has 78 valence electrons. The first-order valence-corrected chi connectivity index (χ1v) is 5.52. The minimum atomic E-state index is 0.404. The van der Waals surface area contributed by atoms with Gasteiger partial charge in [0.15, 0.2) is 0 Å². The Bertz CT molecular complexity index is 138. The lowest BCUT2D eigenvalue weighted by molar-refractivity contribution is 0.211. The molecule has 2 unspecified atom stereocenters. The molecule has 0 bridgehead atoms. The average molecular weight is 184 g/mol.